The fraction of sp³-hybridized carbons (Fsp3) is 0.588. The predicted molar refractivity (Wildman–Crippen MR) is 84.1 cm³/mol. The molecular weight excluding hydrogens is 248 g/mol. The number of nitrogens with zero attached hydrogens (tertiary/aromatic N) is 2. The third-order valence-electron chi connectivity index (χ3n) is 3.94. The molecule has 1 amide bonds. The summed E-state index contributed by atoms with van der Waals surface area (Å²) >= 11 is 0. The molecule has 1 aliphatic heterocycles. The lowest BCUT2D eigenvalue weighted by molar-refractivity contribution is -0.119. The molecule has 1 aliphatic rings. The van der Waals surface area contributed by atoms with Crippen molar-refractivity contribution in [1.29, 1.82) is 0 Å². The Bertz CT molecular complexity index is 421. The minimum Gasteiger partial charge on any atom is -0.311 e. The van der Waals surface area contributed by atoms with E-state index < -0.39 is 0 Å². The highest BCUT2D eigenvalue weighted by atomic mass is 16.2. The topological polar surface area (TPSA) is 23.6 Å². The van der Waals surface area contributed by atoms with Crippen LogP contribution in [0.3, 0.4) is 0 Å². The number of aryl methyl sites for hydroxylation is 1. The van der Waals surface area contributed by atoms with Gasteiger partial charge in [-0.15, -0.1) is 0 Å². The number of carbonyl (C=O) groups is 1. The lowest BCUT2D eigenvalue weighted by Gasteiger charge is -2.25. The standard InChI is InChI=1S/C17H26N2O/c1-3-4-13-19(16-9-7-15(2)8-10-16)17(20)14-18-11-5-6-12-18/h7-10H,3-6,11-14H2,1-2H3. The first-order chi connectivity index (χ1) is 9.70. The Morgan fingerprint density at radius 2 is 1.85 bits per heavy atom. The molecule has 1 fully saturated rings. The van der Waals surface area contributed by atoms with Gasteiger partial charge in [-0.3, -0.25) is 9.69 Å². The van der Waals surface area contributed by atoms with Crippen molar-refractivity contribution in [2.75, 3.05) is 31.1 Å². The first-order valence-corrected chi connectivity index (χ1v) is 7.80. The largest absolute Gasteiger partial charge is 0.311 e. The van der Waals surface area contributed by atoms with Gasteiger partial charge in [-0.05, 0) is 51.4 Å². The summed E-state index contributed by atoms with van der Waals surface area (Å²) in [5, 5.41) is 0. The first-order valence-electron chi connectivity index (χ1n) is 7.80. The highest BCUT2D eigenvalue weighted by molar-refractivity contribution is 5.94. The monoisotopic (exact) mass is 274 g/mol. The van der Waals surface area contributed by atoms with Crippen molar-refractivity contribution in [2.24, 2.45) is 0 Å². The van der Waals surface area contributed by atoms with Gasteiger partial charge in [0, 0.05) is 12.2 Å². The molecule has 110 valence electrons. The van der Waals surface area contributed by atoms with Crippen LogP contribution in [-0.2, 0) is 4.79 Å². The normalized spacial score (nSPS) is 15.5. The van der Waals surface area contributed by atoms with E-state index in [1.807, 2.05) is 4.90 Å². The molecule has 3 heteroatoms. The van der Waals surface area contributed by atoms with Gasteiger partial charge in [0.05, 0.1) is 6.54 Å². The van der Waals surface area contributed by atoms with Crippen molar-refractivity contribution in [1.82, 2.24) is 4.90 Å². The van der Waals surface area contributed by atoms with Crippen LogP contribution in [0.15, 0.2) is 24.3 Å². The van der Waals surface area contributed by atoms with Crippen LogP contribution in [-0.4, -0.2) is 37.0 Å². The number of rotatable bonds is 6. The number of hydrogen-bond acceptors (Lipinski definition) is 2. The molecular formula is C17H26N2O. The maximum absolute atomic E-state index is 12.6. The highest BCUT2D eigenvalue weighted by Gasteiger charge is 2.20. The Morgan fingerprint density at radius 3 is 2.45 bits per heavy atom. The van der Waals surface area contributed by atoms with Crippen molar-refractivity contribution in [3.05, 3.63) is 29.8 Å². The molecule has 0 aliphatic carbocycles. The van der Waals surface area contributed by atoms with Crippen LogP contribution in [0.2, 0.25) is 0 Å². The van der Waals surface area contributed by atoms with E-state index in [4.69, 9.17) is 0 Å². The third-order valence-corrected chi connectivity index (χ3v) is 3.94. The number of anilines is 1. The van der Waals surface area contributed by atoms with Crippen LogP contribution >= 0.6 is 0 Å². The lowest BCUT2D eigenvalue weighted by Crippen LogP contribution is -2.40. The Morgan fingerprint density at radius 1 is 1.20 bits per heavy atom. The van der Waals surface area contributed by atoms with E-state index in [9.17, 15) is 4.79 Å². The summed E-state index contributed by atoms with van der Waals surface area (Å²) in [6.45, 7) is 7.77. The number of likely N-dealkylation sites (tertiary alicyclic amines) is 1. The van der Waals surface area contributed by atoms with Gasteiger partial charge in [0.25, 0.3) is 0 Å². The molecule has 0 N–H and O–H groups in total. The van der Waals surface area contributed by atoms with Crippen molar-refractivity contribution < 1.29 is 4.79 Å². The molecule has 1 aromatic carbocycles. The summed E-state index contributed by atoms with van der Waals surface area (Å²) < 4.78 is 0. The van der Waals surface area contributed by atoms with Gasteiger partial charge in [0.2, 0.25) is 5.91 Å². The molecule has 1 heterocycles. The van der Waals surface area contributed by atoms with Crippen LogP contribution in [0.4, 0.5) is 5.69 Å². The molecule has 0 saturated carbocycles. The number of carbonyl (C=O) groups excluding carboxylic acids is 1. The smallest absolute Gasteiger partial charge is 0.241 e. The highest BCUT2D eigenvalue weighted by Crippen LogP contribution is 2.17. The Labute approximate surface area is 122 Å². The van der Waals surface area contributed by atoms with Crippen LogP contribution in [0.25, 0.3) is 0 Å². The third kappa shape index (κ3) is 4.07. The van der Waals surface area contributed by atoms with Crippen molar-refractivity contribution in [3.63, 3.8) is 0 Å². The molecule has 20 heavy (non-hydrogen) atoms. The fourth-order valence-electron chi connectivity index (χ4n) is 2.66. The molecule has 3 nitrogen and oxygen atoms in total. The Kier molecular flexibility index (Phi) is 5.60. The van der Waals surface area contributed by atoms with E-state index in [0.29, 0.717) is 6.54 Å². The maximum atomic E-state index is 12.6. The molecule has 2 rings (SSSR count). The molecule has 1 saturated heterocycles. The van der Waals surface area contributed by atoms with Crippen LogP contribution in [0, 0.1) is 6.92 Å². The molecule has 0 atom stereocenters. The predicted octanol–water partition coefficient (Wildman–Crippen LogP) is 3.22. The van der Waals surface area contributed by atoms with Gasteiger partial charge in [0.15, 0.2) is 0 Å². The molecule has 0 radical (unpaired) electrons. The lowest BCUT2D eigenvalue weighted by atomic mass is 10.2. The summed E-state index contributed by atoms with van der Waals surface area (Å²) in [5.74, 6) is 0.240. The van der Waals surface area contributed by atoms with E-state index in [2.05, 4.69) is 43.0 Å². The van der Waals surface area contributed by atoms with E-state index in [1.165, 1.54) is 18.4 Å². The van der Waals surface area contributed by atoms with Gasteiger partial charge in [-0.1, -0.05) is 31.0 Å². The number of unbranched alkanes of at least 4 members (excludes halogenated alkanes) is 1. The van der Waals surface area contributed by atoms with Crippen molar-refractivity contribution in [3.8, 4) is 0 Å². The average molecular weight is 274 g/mol. The Balaban J connectivity index is 2.05. The first kappa shape index (κ1) is 15.0. The van der Waals surface area contributed by atoms with Crippen LogP contribution < -0.4 is 4.90 Å². The van der Waals surface area contributed by atoms with Crippen molar-refractivity contribution in [2.45, 2.75) is 39.5 Å². The average Bonchev–Trinajstić information content (AvgIpc) is 2.94. The molecule has 0 unspecified atom stereocenters. The number of hydrogen-bond donors (Lipinski definition) is 0. The van der Waals surface area contributed by atoms with Crippen LogP contribution in [0.1, 0.15) is 38.2 Å². The van der Waals surface area contributed by atoms with E-state index in [0.717, 1.165) is 38.2 Å². The minimum absolute atomic E-state index is 0.240. The van der Waals surface area contributed by atoms with Gasteiger partial charge in [-0.2, -0.15) is 0 Å². The van der Waals surface area contributed by atoms with Gasteiger partial charge < -0.3 is 4.90 Å². The number of amides is 1. The van der Waals surface area contributed by atoms with Crippen LogP contribution in [0.5, 0.6) is 0 Å². The summed E-state index contributed by atoms with van der Waals surface area (Å²) in [4.78, 5) is 16.8. The zero-order chi connectivity index (χ0) is 14.4. The van der Waals surface area contributed by atoms with Gasteiger partial charge in [-0.25, -0.2) is 0 Å². The summed E-state index contributed by atoms with van der Waals surface area (Å²) in [6, 6.07) is 8.29. The number of benzene rings is 1. The molecule has 0 aromatic heterocycles. The molecule has 0 bridgehead atoms. The van der Waals surface area contributed by atoms with E-state index >= 15 is 0 Å². The van der Waals surface area contributed by atoms with E-state index in [1.54, 1.807) is 0 Å². The minimum atomic E-state index is 0.240. The second-order valence-electron chi connectivity index (χ2n) is 5.72. The van der Waals surface area contributed by atoms with Gasteiger partial charge >= 0.3 is 0 Å². The quantitative estimate of drug-likeness (QED) is 0.795. The molecule has 0 spiro atoms. The van der Waals surface area contributed by atoms with Gasteiger partial charge in [0.1, 0.15) is 0 Å². The molecule has 1 aromatic rings. The zero-order valence-corrected chi connectivity index (χ0v) is 12.8. The second-order valence-corrected chi connectivity index (χ2v) is 5.72. The fourth-order valence-corrected chi connectivity index (χ4v) is 2.66. The second kappa shape index (κ2) is 7.44. The van der Waals surface area contributed by atoms with E-state index in [-0.39, 0.29) is 5.91 Å². The summed E-state index contributed by atoms with van der Waals surface area (Å²) in [7, 11) is 0. The summed E-state index contributed by atoms with van der Waals surface area (Å²) in [6.07, 6.45) is 4.62. The maximum Gasteiger partial charge on any atom is 0.241 e. The zero-order valence-electron chi connectivity index (χ0n) is 12.8. The summed E-state index contributed by atoms with van der Waals surface area (Å²) in [5.41, 5.74) is 2.27. The Hall–Kier alpha value is -1.35. The van der Waals surface area contributed by atoms with Crippen molar-refractivity contribution >= 4 is 11.6 Å². The SMILES string of the molecule is CCCCN(C(=O)CN1CCCC1)c1ccc(C)cc1.